The molecule has 7 nitrogen and oxygen atoms in total. The van der Waals surface area contributed by atoms with Crippen molar-refractivity contribution in [2.45, 2.75) is 26.0 Å². The van der Waals surface area contributed by atoms with Crippen LogP contribution in [0.3, 0.4) is 0 Å². The van der Waals surface area contributed by atoms with E-state index in [1.54, 1.807) is 18.2 Å². The number of anilines is 1. The Labute approximate surface area is 156 Å². The number of hydrogen-bond donors (Lipinski definition) is 2. The van der Waals surface area contributed by atoms with Gasteiger partial charge in [0, 0.05) is 13.0 Å². The van der Waals surface area contributed by atoms with Crippen LogP contribution in [-0.4, -0.2) is 35.2 Å². The van der Waals surface area contributed by atoms with E-state index in [1.807, 2.05) is 36.1 Å². The maximum absolute atomic E-state index is 11.2. The topological polar surface area (TPSA) is 87.8 Å². The number of aromatic hydroxyl groups is 1. The van der Waals surface area contributed by atoms with Crippen LogP contribution in [0.25, 0.3) is 11.1 Å². The first-order valence-electron chi connectivity index (χ1n) is 8.86. The number of fused-ring (bicyclic) bond motifs is 1. The molecule has 7 heteroatoms. The molecule has 0 aliphatic carbocycles. The Hall–Kier alpha value is -3.22. The summed E-state index contributed by atoms with van der Waals surface area (Å²) in [4.78, 5) is 17.8. The molecular weight excluding hydrogens is 346 g/mol. The minimum absolute atomic E-state index is 0.0252. The third kappa shape index (κ3) is 3.67. The fourth-order valence-corrected chi connectivity index (χ4v) is 3.14. The number of oxazole rings is 1. The van der Waals surface area contributed by atoms with Gasteiger partial charge >= 0.3 is 0 Å². The number of carbonyl (C=O) groups is 1. The van der Waals surface area contributed by atoms with Crippen molar-refractivity contribution in [3.8, 4) is 11.5 Å². The molecule has 4 rings (SSSR count). The monoisotopic (exact) mass is 367 g/mol. The summed E-state index contributed by atoms with van der Waals surface area (Å²) in [6.45, 7) is 4.76. The number of nitrogens with one attached hydrogen (secondary N) is 1. The molecule has 0 radical (unpaired) electrons. The Balaban J connectivity index is 1.42. The predicted molar refractivity (Wildman–Crippen MR) is 101 cm³/mol. The molecule has 3 aromatic rings. The highest BCUT2D eigenvalue weighted by Gasteiger charge is 2.32. The lowest BCUT2D eigenvalue weighted by Crippen LogP contribution is -2.54. The van der Waals surface area contributed by atoms with Gasteiger partial charge in [0.25, 0.3) is 6.01 Å². The van der Waals surface area contributed by atoms with Crippen molar-refractivity contribution in [3.63, 3.8) is 0 Å². The Morgan fingerprint density at radius 2 is 2.15 bits per heavy atom. The average molecular weight is 367 g/mol. The number of aromatic nitrogens is 1. The summed E-state index contributed by atoms with van der Waals surface area (Å²) in [5.74, 6) is 0.764. The Morgan fingerprint density at radius 3 is 2.89 bits per heavy atom. The van der Waals surface area contributed by atoms with Gasteiger partial charge in [-0.25, -0.2) is 0 Å². The standard InChI is InChI=1S/C20H21N3O4/c1-12(21-13(2)24)14-6-7-18-19(8-14)27-20(22-18)23-10-17(11-23)26-16-5-3-4-15(25)9-16/h3-9,12,17,25H,10-11H2,1-2H3,(H,21,24)/t12-/m0/s1. The number of ether oxygens (including phenoxy) is 1. The average Bonchev–Trinajstić information content (AvgIpc) is 2.99. The van der Waals surface area contributed by atoms with Gasteiger partial charge in [0.15, 0.2) is 5.58 Å². The maximum atomic E-state index is 11.2. The summed E-state index contributed by atoms with van der Waals surface area (Å²) in [5, 5.41) is 12.4. The van der Waals surface area contributed by atoms with Crippen molar-refractivity contribution in [2.75, 3.05) is 18.0 Å². The summed E-state index contributed by atoms with van der Waals surface area (Å²) >= 11 is 0. The Morgan fingerprint density at radius 1 is 1.33 bits per heavy atom. The van der Waals surface area contributed by atoms with E-state index in [-0.39, 0.29) is 23.8 Å². The molecule has 140 valence electrons. The fraction of sp³-hybridized carbons (Fsp3) is 0.300. The first kappa shape index (κ1) is 17.2. The van der Waals surface area contributed by atoms with Crippen molar-refractivity contribution in [2.24, 2.45) is 0 Å². The molecule has 2 aromatic carbocycles. The van der Waals surface area contributed by atoms with Crippen molar-refractivity contribution in [3.05, 3.63) is 48.0 Å². The molecule has 1 saturated heterocycles. The van der Waals surface area contributed by atoms with Crippen LogP contribution in [0.4, 0.5) is 6.01 Å². The minimum Gasteiger partial charge on any atom is -0.508 e. The van der Waals surface area contributed by atoms with Gasteiger partial charge in [-0.1, -0.05) is 12.1 Å². The van der Waals surface area contributed by atoms with Crippen LogP contribution >= 0.6 is 0 Å². The molecule has 0 spiro atoms. The number of benzene rings is 2. The number of phenolic OH excluding ortho intramolecular Hbond substituents is 1. The zero-order chi connectivity index (χ0) is 19.0. The van der Waals surface area contributed by atoms with Crippen LogP contribution in [0.2, 0.25) is 0 Å². The van der Waals surface area contributed by atoms with Gasteiger partial charge < -0.3 is 24.5 Å². The summed E-state index contributed by atoms with van der Waals surface area (Å²) in [6.07, 6.45) is 0.0252. The first-order valence-corrected chi connectivity index (χ1v) is 8.86. The van der Waals surface area contributed by atoms with Gasteiger partial charge in [0.2, 0.25) is 5.91 Å². The van der Waals surface area contributed by atoms with Crippen LogP contribution in [0.5, 0.6) is 11.5 Å². The molecule has 27 heavy (non-hydrogen) atoms. The second kappa shape index (κ2) is 6.83. The number of amides is 1. The smallest absolute Gasteiger partial charge is 0.298 e. The van der Waals surface area contributed by atoms with Crippen LogP contribution in [0.15, 0.2) is 46.9 Å². The molecule has 2 heterocycles. The van der Waals surface area contributed by atoms with Gasteiger partial charge in [-0.15, -0.1) is 0 Å². The lowest BCUT2D eigenvalue weighted by molar-refractivity contribution is -0.119. The number of carbonyl (C=O) groups excluding carboxylic acids is 1. The molecule has 0 bridgehead atoms. The third-order valence-corrected chi connectivity index (χ3v) is 4.56. The highest BCUT2D eigenvalue weighted by molar-refractivity contribution is 5.77. The SMILES string of the molecule is CC(=O)N[C@@H](C)c1ccc2nc(N3CC(Oc4cccc(O)c4)C3)oc2c1. The summed E-state index contributed by atoms with van der Waals surface area (Å²) in [5.41, 5.74) is 2.44. The zero-order valence-electron chi connectivity index (χ0n) is 15.2. The molecule has 1 atom stereocenters. The van der Waals surface area contributed by atoms with Crippen LogP contribution in [0, 0.1) is 0 Å². The molecule has 0 unspecified atom stereocenters. The van der Waals surface area contributed by atoms with E-state index in [2.05, 4.69) is 10.3 Å². The van der Waals surface area contributed by atoms with E-state index in [4.69, 9.17) is 9.15 Å². The zero-order valence-corrected chi connectivity index (χ0v) is 15.2. The van der Waals surface area contributed by atoms with Crippen molar-refractivity contribution in [1.29, 1.82) is 0 Å². The van der Waals surface area contributed by atoms with Crippen molar-refractivity contribution in [1.82, 2.24) is 10.3 Å². The van der Waals surface area contributed by atoms with E-state index >= 15 is 0 Å². The summed E-state index contributed by atoms with van der Waals surface area (Å²) in [7, 11) is 0. The predicted octanol–water partition coefficient (Wildman–Crippen LogP) is 3.00. The molecule has 1 amide bonds. The van der Waals surface area contributed by atoms with Gasteiger partial charge in [0.05, 0.1) is 19.1 Å². The van der Waals surface area contributed by atoms with E-state index in [9.17, 15) is 9.90 Å². The van der Waals surface area contributed by atoms with E-state index < -0.39 is 0 Å². The minimum atomic E-state index is -0.0930. The van der Waals surface area contributed by atoms with E-state index in [0.717, 1.165) is 11.1 Å². The highest BCUT2D eigenvalue weighted by Crippen LogP contribution is 2.29. The lowest BCUT2D eigenvalue weighted by Gasteiger charge is -2.37. The maximum Gasteiger partial charge on any atom is 0.298 e. The van der Waals surface area contributed by atoms with Crippen LogP contribution < -0.4 is 15.0 Å². The van der Waals surface area contributed by atoms with Crippen LogP contribution in [0.1, 0.15) is 25.5 Å². The largest absolute Gasteiger partial charge is 0.508 e. The van der Waals surface area contributed by atoms with E-state index in [0.29, 0.717) is 30.4 Å². The quantitative estimate of drug-likeness (QED) is 0.721. The molecule has 1 aromatic heterocycles. The van der Waals surface area contributed by atoms with Crippen molar-refractivity contribution >= 4 is 23.0 Å². The van der Waals surface area contributed by atoms with Crippen molar-refractivity contribution < 1.29 is 19.1 Å². The number of rotatable bonds is 5. The molecule has 0 saturated carbocycles. The molecule has 1 fully saturated rings. The van der Waals surface area contributed by atoms with Crippen LogP contribution in [-0.2, 0) is 4.79 Å². The van der Waals surface area contributed by atoms with Gasteiger partial charge in [-0.3, -0.25) is 4.79 Å². The van der Waals surface area contributed by atoms with Gasteiger partial charge in [-0.05, 0) is 36.8 Å². The fourth-order valence-electron chi connectivity index (χ4n) is 3.14. The van der Waals surface area contributed by atoms with Gasteiger partial charge in [0.1, 0.15) is 23.1 Å². The molecule has 2 N–H and O–H groups in total. The lowest BCUT2D eigenvalue weighted by atomic mass is 10.1. The first-order chi connectivity index (χ1) is 13.0. The summed E-state index contributed by atoms with van der Waals surface area (Å²) in [6, 6.07) is 13.0. The van der Waals surface area contributed by atoms with E-state index in [1.165, 1.54) is 6.92 Å². The molecule has 1 aliphatic heterocycles. The number of phenols is 1. The van der Waals surface area contributed by atoms with Gasteiger partial charge in [-0.2, -0.15) is 4.98 Å². The number of hydrogen-bond acceptors (Lipinski definition) is 6. The highest BCUT2D eigenvalue weighted by atomic mass is 16.5. The molecular formula is C20H21N3O4. The second-order valence-corrected chi connectivity index (χ2v) is 6.79. The summed E-state index contributed by atoms with van der Waals surface area (Å²) < 4.78 is 11.7. The normalized spacial score (nSPS) is 15.4. The third-order valence-electron chi connectivity index (χ3n) is 4.56. The second-order valence-electron chi connectivity index (χ2n) is 6.79. The Kier molecular flexibility index (Phi) is 4.35. The number of nitrogens with zero attached hydrogens (tertiary/aromatic N) is 2. The molecule has 1 aliphatic rings. The Bertz CT molecular complexity index is 978.